The van der Waals surface area contributed by atoms with Gasteiger partial charge in [-0.2, -0.15) is 0 Å². The third kappa shape index (κ3) is 3.81. The van der Waals surface area contributed by atoms with Gasteiger partial charge in [-0.25, -0.2) is 0 Å². The van der Waals surface area contributed by atoms with E-state index in [0.29, 0.717) is 0 Å². The zero-order chi connectivity index (χ0) is 17.8. The van der Waals surface area contributed by atoms with E-state index in [1.54, 1.807) is 12.4 Å². The molecule has 4 heteroatoms. The van der Waals surface area contributed by atoms with Gasteiger partial charge in [0.05, 0.1) is 11.4 Å². The second-order valence-corrected chi connectivity index (χ2v) is 6.65. The maximum Gasteiger partial charge on any atom is 0.131 e. The smallest absolute Gasteiger partial charge is 0.131 e. The molecule has 0 spiro atoms. The van der Waals surface area contributed by atoms with Crippen LogP contribution in [-0.4, -0.2) is 9.97 Å². The van der Waals surface area contributed by atoms with Gasteiger partial charge in [0.15, 0.2) is 0 Å². The zero-order valence-corrected chi connectivity index (χ0v) is 15.4. The molecule has 0 aliphatic heterocycles. The maximum atomic E-state index is 6.09. The molecule has 4 rings (SSSR count). The van der Waals surface area contributed by atoms with Crippen LogP contribution in [0.15, 0.2) is 95.7 Å². The first kappa shape index (κ1) is 16.5. The van der Waals surface area contributed by atoms with E-state index in [2.05, 4.69) is 44.1 Å². The highest BCUT2D eigenvalue weighted by molar-refractivity contribution is 9.10. The summed E-state index contributed by atoms with van der Waals surface area (Å²) in [6, 6.07) is 25.8. The molecule has 0 aliphatic carbocycles. The van der Waals surface area contributed by atoms with Gasteiger partial charge in [0, 0.05) is 22.9 Å². The minimum absolute atomic E-state index is 0.720. The summed E-state index contributed by atoms with van der Waals surface area (Å²) >= 11 is 3.57. The van der Waals surface area contributed by atoms with E-state index < -0.39 is 0 Å². The van der Waals surface area contributed by atoms with Crippen LogP contribution < -0.4 is 4.74 Å². The topological polar surface area (TPSA) is 35.0 Å². The first-order chi connectivity index (χ1) is 12.8. The molecule has 0 aliphatic rings. The minimum Gasteiger partial charge on any atom is -0.457 e. The van der Waals surface area contributed by atoms with Crippen LogP contribution in [0.5, 0.6) is 11.5 Å². The molecule has 2 heterocycles. The Bertz CT molecular complexity index is 1020. The molecule has 0 N–H and O–H groups in total. The van der Waals surface area contributed by atoms with Crippen molar-refractivity contribution in [2.75, 3.05) is 0 Å². The summed E-state index contributed by atoms with van der Waals surface area (Å²) in [7, 11) is 0. The fourth-order valence-corrected chi connectivity index (χ4v) is 3.16. The van der Waals surface area contributed by atoms with Gasteiger partial charge in [-0.3, -0.25) is 9.97 Å². The van der Waals surface area contributed by atoms with E-state index in [-0.39, 0.29) is 0 Å². The molecule has 4 aromatic rings. The van der Waals surface area contributed by atoms with Gasteiger partial charge < -0.3 is 4.74 Å². The summed E-state index contributed by atoms with van der Waals surface area (Å²) in [6.45, 7) is 0. The van der Waals surface area contributed by atoms with Crippen molar-refractivity contribution in [3.05, 3.63) is 95.7 Å². The molecule has 0 radical (unpaired) electrons. The Morgan fingerprint density at radius 1 is 0.615 bits per heavy atom. The molecule has 26 heavy (non-hydrogen) atoms. The molecular formula is C22H15BrN2O. The molecule has 0 bridgehead atoms. The monoisotopic (exact) mass is 402 g/mol. The third-order valence-corrected chi connectivity index (χ3v) is 4.33. The lowest BCUT2D eigenvalue weighted by molar-refractivity contribution is 0.482. The number of halogens is 1. The highest BCUT2D eigenvalue weighted by atomic mass is 79.9. The van der Waals surface area contributed by atoms with Gasteiger partial charge >= 0.3 is 0 Å². The quantitative estimate of drug-likeness (QED) is 0.397. The molecule has 0 fully saturated rings. The average Bonchev–Trinajstić information content (AvgIpc) is 2.69. The average molecular weight is 403 g/mol. The normalized spacial score (nSPS) is 10.5. The van der Waals surface area contributed by atoms with Crippen molar-refractivity contribution in [3.8, 4) is 34.0 Å². The zero-order valence-electron chi connectivity index (χ0n) is 13.8. The van der Waals surface area contributed by atoms with Crippen molar-refractivity contribution in [3.63, 3.8) is 0 Å². The number of aromatic nitrogens is 2. The first-order valence-electron chi connectivity index (χ1n) is 8.19. The van der Waals surface area contributed by atoms with Crippen molar-refractivity contribution >= 4 is 15.9 Å². The number of pyridine rings is 2. The molecular weight excluding hydrogens is 388 g/mol. The highest BCUT2D eigenvalue weighted by Crippen LogP contribution is 2.32. The molecule has 3 nitrogen and oxygen atoms in total. The summed E-state index contributed by atoms with van der Waals surface area (Å²) < 4.78 is 7.05. The lowest BCUT2D eigenvalue weighted by Crippen LogP contribution is -1.90. The van der Waals surface area contributed by atoms with Crippen molar-refractivity contribution in [1.82, 2.24) is 9.97 Å². The number of nitrogens with zero attached hydrogens (tertiary/aromatic N) is 2. The van der Waals surface area contributed by atoms with Crippen LogP contribution in [0, 0.1) is 0 Å². The van der Waals surface area contributed by atoms with Crippen LogP contribution in [0.1, 0.15) is 0 Å². The molecule has 2 aromatic carbocycles. The SMILES string of the molecule is Brc1cc(Oc2ccnc(-c3ccccn3)c2)cc(-c2ccccc2)c1. The molecule has 0 unspecified atom stereocenters. The Morgan fingerprint density at radius 2 is 1.42 bits per heavy atom. The predicted molar refractivity (Wildman–Crippen MR) is 107 cm³/mol. The third-order valence-electron chi connectivity index (χ3n) is 3.87. The first-order valence-corrected chi connectivity index (χ1v) is 8.98. The van der Waals surface area contributed by atoms with Gasteiger partial charge in [0.2, 0.25) is 0 Å². The lowest BCUT2D eigenvalue weighted by Gasteiger charge is -2.10. The number of ether oxygens (including phenoxy) is 1. The molecule has 126 valence electrons. The Morgan fingerprint density at radius 3 is 2.23 bits per heavy atom. The fraction of sp³-hybridized carbons (Fsp3) is 0. The van der Waals surface area contributed by atoms with E-state index in [1.807, 2.05) is 60.7 Å². The molecule has 0 amide bonds. The summed E-state index contributed by atoms with van der Waals surface area (Å²) in [5, 5.41) is 0. The Balaban J connectivity index is 1.65. The van der Waals surface area contributed by atoms with Gasteiger partial charge in [0.25, 0.3) is 0 Å². The van der Waals surface area contributed by atoms with Gasteiger partial charge in [-0.15, -0.1) is 0 Å². The molecule has 0 saturated carbocycles. The molecule has 0 atom stereocenters. The van der Waals surface area contributed by atoms with Crippen molar-refractivity contribution in [2.45, 2.75) is 0 Å². The van der Waals surface area contributed by atoms with Crippen molar-refractivity contribution in [2.24, 2.45) is 0 Å². The number of hydrogen-bond donors (Lipinski definition) is 0. The van der Waals surface area contributed by atoms with Gasteiger partial charge in [-0.05, 0) is 47.5 Å². The minimum atomic E-state index is 0.720. The summed E-state index contributed by atoms with van der Waals surface area (Å²) in [5.74, 6) is 1.48. The fourth-order valence-electron chi connectivity index (χ4n) is 2.68. The second-order valence-electron chi connectivity index (χ2n) is 5.74. The van der Waals surface area contributed by atoms with Crippen LogP contribution in [0.25, 0.3) is 22.5 Å². The van der Waals surface area contributed by atoms with E-state index in [9.17, 15) is 0 Å². The van der Waals surface area contributed by atoms with Crippen LogP contribution in [0.4, 0.5) is 0 Å². The van der Waals surface area contributed by atoms with E-state index in [4.69, 9.17) is 4.74 Å². The van der Waals surface area contributed by atoms with Gasteiger partial charge in [-0.1, -0.05) is 52.3 Å². The van der Waals surface area contributed by atoms with Crippen LogP contribution >= 0.6 is 15.9 Å². The van der Waals surface area contributed by atoms with E-state index in [1.165, 1.54) is 0 Å². The van der Waals surface area contributed by atoms with Gasteiger partial charge in [0.1, 0.15) is 11.5 Å². The summed E-state index contributed by atoms with van der Waals surface area (Å²) in [5.41, 5.74) is 3.83. The maximum absolute atomic E-state index is 6.09. The standard InChI is InChI=1S/C22H15BrN2O/c23-18-12-17(16-6-2-1-3-7-16)13-20(14-18)26-19-9-11-25-22(15-19)21-8-4-5-10-24-21/h1-15H. The van der Waals surface area contributed by atoms with E-state index >= 15 is 0 Å². The lowest BCUT2D eigenvalue weighted by atomic mass is 10.1. The summed E-state index contributed by atoms with van der Waals surface area (Å²) in [6.07, 6.45) is 3.49. The number of rotatable bonds is 4. The molecule has 0 saturated heterocycles. The van der Waals surface area contributed by atoms with Crippen LogP contribution in [0.2, 0.25) is 0 Å². The van der Waals surface area contributed by atoms with E-state index in [0.717, 1.165) is 38.5 Å². The van der Waals surface area contributed by atoms with Crippen LogP contribution in [0.3, 0.4) is 0 Å². The number of benzene rings is 2. The van der Waals surface area contributed by atoms with Crippen molar-refractivity contribution in [1.29, 1.82) is 0 Å². The second kappa shape index (κ2) is 7.50. The largest absolute Gasteiger partial charge is 0.457 e. The Hall–Kier alpha value is -2.98. The van der Waals surface area contributed by atoms with Crippen molar-refractivity contribution < 1.29 is 4.74 Å². The number of hydrogen-bond acceptors (Lipinski definition) is 3. The summed E-state index contributed by atoms with van der Waals surface area (Å²) in [4.78, 5) is 8.72. The highest BCUT2D eigenvalue weighted by Gasteiger charge is 2.06. The Labute approximate surface area is 160 Å². The Kier molecular flexibility index (Phi) is 4.75. The van der Waals surface area contributed by atoms with Crippen LogP contribution in [-0.2, 0) is 0 Å². The molecule has 2 aromatic heterocycles. The predicted octanol–water partition coefficient (Wildman–Crippen LogP) is 6.37.